The second kappa shape index (κ2) is 4.86. The molecule has 94 valence electrons. The first kappa shape index (κ1) is 12.7. The van der Waals surface area contributed by atoms with Crippen molar-refractivity contribution in [1.82, 2.24) is 4.98 Å². The van der Waals surface area contributed by atoms with Crippen molar-refractivity contribution in [3.63, 3.8) is 0 Å². The topological polar surface area (TPSA) is 50.9 Å². The third-order valence-electron chi connectivity index (χ3n) is 2.79. The highest BCUT2D eigenvalue weighted by Crippen LogP contribution is 2.29. The molecule has 2 rings (SSSR count). The minimum atomic E-state index is -0.256. The van der Waals surface area contributed by atoms with Crippen LogP contribution in [0.25, 0.3) is 0 Å². The van der Waals surface area contributed by atoms with E-state index in [0.29, 0.717) is 16.5 Å². The highest BCUT2D eigenvalue weighted by Gasteiger charge is 2.21. The summed E-state index contributed by atoms with van der Waals surface area (Å²) in [6.45, 7) is 4.16. The molecule has 1 heterocycles. The quantitative estimate of drug-likeness (QED) is 0.886. The first-order chi connectivity index (χ1) is 8.49. The van der Waals surface area contributed by atoms with E-state index in [1.807, 2.05) is 18.2 Å². The van der Waals surface area contributed by atoms with Crippen LogP contribution < -0.4 is 11.1 Å². The fraction of sp³-hybridized carbons (Fsp3) is 0.214. The van der Waals surface area contributed by atoms with Crippen molar-refractivity contribution in [2.75, 3.05) is 11.1 Å². The number of nitrogens with two attached hydrogens (primary N) is 1. The van der Waals surface area contributed by atoms with Gasteiger partial charge in [0.05, 0.1) is 22.4 Å². The maximum Gasteiger partial charge on any atom is 0.145 e. The molecule has 4 heteroatoms. The molecular formula is C14H16ClN3. The van der Waals surface area contributed by atoms with Crippen LogP contribution in [-0.2, 0) is 5.54 Å². The Kier molecular flexibility index (Phi) is 3.43. The maximum atomic E-state index is 6.12. The molecule has 2 aromatic rings. The van der Waals surface area contributed by atoms with Crippen LogP contribution in [-0.4, -0.2) is 4.98 Å². The third kappa shape index (κ3) is 2.74. The monoisotopic (exact) mass is 261 g/mol. The summed E-state index contributed by atoms with van der Waals surface area (Å²) in [4.78, 5) is 4.22. The van der Waals surface area contributed by atoms with E-state index in [0.717, 1.165) is 0 Å². The molecular weight excluding hydrogens is 246 g/mol. The fourth-order valence-corrected chi connectivity index (χ4v) is 1.99. The van der Waals surface area contributed by atoms with Gasteiger partial charge in [-0.15, -0.1) is 0 Å². The minimum Gasteiger partial charge on any atom is -0.397 e. The Balaban J connectivity index is 2.28. The molecule has 0 radical (unpaired) electrons. The Morgan fingerprint density at radius 1 is 1.22 bits per heavy atom. The zero-order valence-electron chi connectivity index (χ0n) is 10.4. The predicted molar refractivity (Wildman–Crippen MR) is 76.8 cm³/mol. The Hall–Kier alpha value is -1.74. The molecule has 3 nitrogen and oxygen atoms in total. The smallest absolute Gasteiger partial charge is 0.145 e. The molecule has 0 bridgehead atoms. The number of nitrogens with one attached hydrogen (secondary N) is 1. The van der Waals surface area contributed by atoms with Crippen LogP contribution in [0, 0.1) is 0 Å². The number of aromatic nitrogens is 1. The standard InChI is InChI=1S/C14H16ClN3/c1-14(2,10-6-4-3-5-7-10)18-13-12(15)8-11(16)9-17-13/h3-9H,16H2,1-2H3,(H,17,18). The molecule has 0 spiro atoms. The van der Waals surface area contributed by atoms with Gasteiger partial charge in [0.15, 0.2) is 0 Å². The molecule has 0 atom stereocenters. The van der Waals surface area contributed by atoms with Crippen LogP contribution in [0.5, 0.6) is 0 Å². The zero-order chi connectivity index (χ0) is 13.2. The van der Waals surface area contributed by atoms with Gasteiger partial charge in [-0.25, -0.2) is 4.98 Å². The number of hydrogen-bond donors (Lipinski definition) is 2. The van der Waals surface area contributed by atoms with Gasteiger partial charge >= 0.3 is 0 Å². The van der Waals surface area contributed by atoms with Gasteiger partial charge in [-0.3, -0.25) is 0 Å². The lowest BCUT2D eigenvalue weighted by atomic mass is 9.94. The zero-order valence-corrected chi connectivity index (χ0v) is 11.2. The van der Waals surface area contributed by atoms with Gasteiger partial charge in [-0.1, -0.05) is 41.9 Å². The number of halogens is 1. The van der Waals surface area contributed by atoms with Gasteiger partial charge in [-0.2, -0.15) is 0 Å². The average Bonchev–Trinajstić information content (AvgIpc) is 2.34. The van der Waals surface area contributed by atoms with Crippen molar-refractivity contribution in [1.29, 1.82) is 0 Å². The van der Waals surface area contributed by atoms with E-state index < -0.39 is 0 Å². The van der Waals surface area contributed by atoms with Crippen LogP contribution in [0.1, 0.15) is 19.4 Å². The van der Waals surface area contributed by atoms with Gasteiger partial charge in [0.25, 0.3) is 0 Å². The Labute approximate surface area is 112 Å². The number of nitrogen functional groups attached to an aromatic ring is 1. The highest BCUT2D eigenvalue weighted by molar-refractivity contribution is 6.33. The SMILES string of the molecule is CC(C)(Nc1ncc(N)cc1Cl)c1ccccc1. The summed E-state index contributed by atoms with van der Waals surface area (Å²) in [6, 6.07) is 11.8. The number of benzene rings is 1. The molecule has 1 aromatic heterocycles. The lowest BCUT2D eigenvalue weighted by molar-refractivity contribution is 0.606. The maximum absolute atomic E-state index is 6.12. The second-order valence-electron chi connectivity index (χ2n) is 4.72. The number of rotatable bonds is 3. The van der Waals surface area contributed by atoms with Crippen LogP contribution in [0.15, 0.2) is 42.6 Å². The van der Waals surface area contributed by atoms with Gasteiger partial charge in [0.1, 0.15) is 5.82 Å². The largest absolute Gasteiger partial charge is 0.397 e. The molecule has 0 saturated carbocycles. The number of nitrogens with zero attached hydrogens (tertiary/aromatic N) is 1. The Morgan fingerprint density at radius 3 is 2.50 bits per heavy atom. The Bertz CT molecular complexity index is 538. The van der Waals surface area contributed by atoms with Gasteiger partial charge in [-0.05, 0) is 25.5 Å². The summed E-state index contributed by atoms with van der Waals surface area (Å²) in [7, 11) is 0. The van der Waals surface area contributed by atoms with Gasteiger partial charge < -0.3 is 11.1 Å². The summed E-state index contributed by atoms with van der Waals surface area (Å²) in [6.07, 6.45) is 1.59. The van der Waals surface area contributed by atoms with E-state index in [4.69, 9.17) is 17.3 Å². The van der Waals surface area contributed by atoms with Crippen molar-refractivity contribution in [3.05, 3.63) is 53.2 Å². The summed E-state index contributed by atoms with van der Waals surface area (Å²) < 4.78 is 0. The second-order valence-corrected chi connectivity index (χ2v) is 5.12. The third-order valence-corrected chi connectivity index (χ3v) is 3.08. The van der Waals surface area contributed by atoms with Crippen molar-refractivity contribution in [3.8, 4) is 0 Å². The minimum absolute atomic E-state index is 0.256. The van der Waals surface area contributed by atoms with Crippen LogP contribution in [0.4, 0.5) is 11.5 Å². The lowest BCUT2D eigenvalue weighted by Gasteiger charge is -2.28. The van der Waals surface area contributed by atoms with E-state index in [9.17, 15) is 0 Å². The van der Waals surface area contributed by atoms with Crippen molar-refractivity contribution < 1.29 is 0 Å². The van der Waals surface area contributed by atoms with Crippen molar-refractivity contribution in [2.45, 2.75) is 19.4 Å². The number of anilines is 2. The van der Waals surface area contributed by atoms with E-state index in [2.05, 4.69) is 36.3 Å². The summed E-state index contributed by atoms with van der Waals surface area (Å²) in [5.74, 6) is 0.639. The summed E-state index contributed by atoms with van der Waals surface area (Å²) >= 11 is 6.12. The molecule has 0 saturated heterocycles. The van der Waals surface area contributed by atoms with Crippen molar-refractivity contribution >= 4 is 23.1 Å². The van der Waals surface area contributed by atoms with Crippen LogP contribution in [0.2, 0.25) is 5.02 Å². The lowest BCUT2D eigenvalue weighted by Crippen LogP contribution is -2.28. The molecule has 0 aliphatic carbocycles. The normalized spacial score (nSPS) is 11.3. The van der Waals surface area contributed by atoms with Crippen LogP contribution >= 0.6 is 11.6 Å². The van der Waals surface area contributed by atoms with Crippen molar-refractivity contribution in [2.24, 2.45) is 0 Å². The van der Waals surface area contributed by atoms with Crippen LogP contribution in [0.3, 0.4) is 0 Å². The summed E-state index contributed by atoms with van der Waals surface area (Å²) in [5, 5.41) is 3.86. The van der Waals surface area contributed by atoms with E-state index in [1.54, 1.807) is 12.3 Å². The molecule has 1 aromatic carbocycles. The van der Waals surface area contributed by atoms with E-state index in [-0.39, 0.29) is 5.54 Å². The predicted octanol–water partition coefficient (Wildman–Crippen LogP) is 3.66. The van der Waals surface area contributed by atoms with Gasteiger partial charge in [0.2, 0.25) is 0 Å². The van der Waals surface area contributed by atoms with E-state index in [1.165, 1.54) is 5.56 Å². The number of hydrogen-bond acceptors (Lipinski definition) is 3. The highest BCUT2D eigenvalue weighted by atomic mass is 35.5. The molecule has 18 heavy (non-hydrogen) atoms. The fourth-order valence-electron chi connectivity index (χ4n) is 1.77. The van der Waals surface area contributed by atoms with Gasteiger partial charge in [0, 0.05) is 0 Å². The molecule has 0 aliphatic rings. The molecule has 0 amide bonds. The molecule has 0 aliphatic heterocycles. The summed E-state index contributed by atoms with van der Waals surface area (Å²) in [5.41, 5.74) is 7.10. The van der Waals surface area contributed by atoms with E-state index >= 15 is 0 Å². The first-order valence-electron chi connectivity index (χ1n) is 5.74. The average molecular weight is 262 g/mol. The Morgan fingerprint density at radius 2 is 1.89 bits per heavy atom. The first-order valence-corrected chi connectivity index (χ1v) is 6.11. The molecule has 0 unspecified atom stereocenters. The number of pyridine rings is 1. The molecule has 3 N–H and O–H groups in total. The molecule has 0 fully saturated rings.